The number of likely N-dealkylation sites (N-methyl/N-ethyl adjacent to an activating group) is 1. The van der Waals surface area contributed by atoms with Crippen LogP contribution in [0.5, 0.6) is 0 Å². The molecular formula is C18H27N5O3. The van der Waals surface area contributed by atoms with Crippen LogP contribution in [0.15, 0.2) is 16.7 Å². The van der Waals surface area contributed by atoms with E-state index < -0.39 is 6.10 Å². The highest BCUT2D eigenvalue weighted by atomic mass is 16.5. The number of hydrogen-bond acceptors (Lipinski definition) is 6. The number of fused-ring (bicyclic) bond motifs is 1. The van der Waals surface area contributed by atoms with Gasteiger partial charge >= 0.3 is 0 Å². The minimum atomic E-state index is -0.638. The van der Waals surface area contributed by atoms with Crippen LogP contribution in [0.2, 0.25) is 0 Å². The Morgan fingerprint density at radius 1 is 1.38 bits per heavy atom. The molecule has 0 aromatic carbocycles. The molecular weight excluding hydrogens is 334 g/mol. The molecule has 0 bridgehead atoms. The van der Waals surface area contributed by atoms with Gasteiger partial charge in [0.25, 0.3) is 5.91 Å². The van der Waals surface area contributed by atoms with Crippen molar-refractivity contribution in [1.29, 1.82) is 0 Å². The number of aryl methyl sites for hydroxylation is 2. The lowest BCUT2D eigenvalue weighted by Crippen LogP contribution is -2.31. The van der Waals surface area contributed by atoms with E-state index in [4.69, 9.17) is 4.52 Å². The van der Waals surface area contributed by atoms with Crippen molar-refractivity contribution < 1.29 is 14.4 Å². The van der Waals surface area contributed by atoms with Crippen LogP contribution in [0.4, 0.5) is 0 Å². The molecule has 1 amide bonds. The summed E-state index contributed by atoms with van der Waals surface area (Å²) in [6.07, 6.45) is 1.90. The first kappa shape index (κ1) is 18.6. The van der Waals surface area contributed by atoms with Crippen LogP contribution in [0.25, 0.3) is 0 Å². The Hall–Kier alpha value is -2.19. The standard InChI is InChI=1S/C18H27N5O3/c1-4-6-14-10-16(20-26-14)18(25)22-7-5-8-23-13(11-22)9-15(19-23)17(24)12-21(2)3/h9-10,17,24H,4-8,11-12H2,1-3H3/t17-/m0/s1. The van der Waals surface area contributed by atoms with Crippen molar-refractivity contribution in [3.63, 3.8) is 0 Å². The number of carbonyl (C=O) groups is 1. The maximum absolute atomic E-state index is 12.8. The van der Waals surface area contributed by atoms with Crippen molar-refractivity contribution in [1.82, 2.24) is 24.7 Å². The molecule has 142 valence electrons. The van der Waals surface area contributed by atoms with Gasteiger partial charge in [-0.15, -0.1) is 0 Å². The van der Waals surface area contributed by atoms with Crippen LogP contribution in [0.1, 0.15) is 53.5 Å². The Balaban J connectivity index is 1.74. The number of aliphatic hydroxyl groups is 1. The summed E-state index contributed by atoms with van der Waals surface area (Å²) in [5.41, 5.74) is 1.94. The number of amides is 1. The first-order valence-corrected chi connectivity index (χ1v) is 9.12. The molecule has 8 nitrogen and oxygen atoms in total. The lowest BCUT2D eigenvalue weighted by atomic mass is 10.2. The van der Waals surface area contributed by atoms with Crippen LogP contribution < -0.4 is 0 Å². The molecule has 3 rings (SSSR count). The largest absolute Gasteiger partial charge is 0.385 e. The van der Waals surface area contributed by atoms with Crippen molar-refractivity contribution in [2.75, 3.05) is 27.2 Å². The van der Waals surface area contributed by atoms with Crippen LogP contribution in [0, 0.1) is 0 Å². The average Bonchev–Trinajstić information content (AvgIpc) is 3.16. The number of nitrogens with zero attached hydrogens (tertiary/aromatic N) is 5. The zero-order valence-electron chi connectivity index (χ0n) is 15.7. The maximum Gasteiger partial charge on any atom is 0.276 e. The van der Waals surface area contributed by atoms with E-state index in [1.165, 1.54) is 0 Å². The molecule has 2 aromatic heterocycles. The van der Waals surface area contributed by atoms with Crippen molar-refractivity contribution in [2.45, 2.75) is 45.4 Å². The van der Waals surface area contributed by atoms with Gasteiger partial charge in [0, 0.05) is 32.1 Å². The molecule has 1 aliphatic heterocycles. The normalized spacial score (nSPS) is 15.8. The van der Waals surface area contributed by atoms with E-state index in [0.29, 0.717) is 31.0 Å². The molecule has 0 saturated carbocycles. The third kappa shape index (κ3) is 4.13. The summed E-state index contributed by atoms with van der Waals surface area (Å²) in [4.78, 5) is 16.5. The highest BCUT2D eigenvalue weighted by Gasteiger charge is 2.25. The SMILES string of the molecule is CCCc1cc(C(=O)N2CCCn3nc([C@@H](O)CN(C)C)cc3C2)no1. The van der Waals surface area contributed by atoms with E-state index >= 15 is 0 Å². The fraction of sp³-hybridized carbons (Fsp3) is 0.611. The summed E-state index contributed by atoms with van der Waals surface area (Å²) in [5, 5.41) is 18.8. The molecule has 0 aliphatic carbocycles. The molecule has 2 aromatic rings. The third-order valence-corrected chi connectivity index (χ3v) is 4.47. The number of hydrogen-bond donors (Lipinski definition) is 1. The lowest BCUT2D eigenvalue weighted by Gasteiger charge is -2.18. The number of aromatic nitrogens is 3. The smallest absolute Gasteiger partial charge is 0.276 e. The lowest BCUT2D eigenvalue weighted by molar-refractivity contribution is 0.0735. The van der Waals surface area contributed by atoms with Crippen molar-refractivity contribution in [3.8, 4) is 0 Å². The maximum atomic E-state index is 12.8. The number of carbonyl (C=O) groups excluding carboxylic acids is 1. The molecule has 1 atom stereocenters. The van der Waals surface area contributed by atoms with Gasteiger partial charge in [-0.3, -0.25) is 9.48 Å². The van der Waals surface area contributed by atoms with E-state index in [0.717, 1.165) is 37.3 Å². The quantitative estimate of drug-likeness (QED) is 0.838. The van der Waals surface area contributed by atoms with Crippen LogP contribution in [0.3, 0.4) is 0 Å². The van der Waals surface area contributed by atoms with Crippen LogP contribution in [-0.4, -0.2) is 62.9 Å². The first-order valence-electron chi connectivity index (χ1n) is 9.12. The average molecular weight is 361 g/mol. The van der Waals surface area contributed by atoms with Gasteiger partial charge in [0.05, 0.1) is 17.9 Å². The predicted molar refractivity (Wildman–Crippen MR) is 95.6 cm³/mol. The van der Waals surface area contributed by atoms with Gasteiger partial charge in [0.2, 0.25) is 0 Å². The summed E-state index contributed by atoms with van der Waals surface area (Å²) < 4.78 is 7.13. The van der Waals surface area contributed by atoms with E-state index in [1.807, 2.05) is 29.7 Å². The molecule has 1 aliphatic rings. The van der Waals surface area contributed by atoms with Gasteiger partial charge < -0.3 is 19.4 Å². The second-order valence-corrected chi connectivity index (χ2v) is 7.07. The number of aliphatic hydroxyl groups excluding tert-OH is 1. The highest BCUT2D eigenvalue weighted by Crippen LogP contribution is 2.20. The minimum absolute atomic E-state index is 0.124. The van der Waals surface area contributed by atoms with Gasteiger partial charge in [-0.25, -0.2) is 0 Å². The summed E-state index contributed by atoms with van der Waals surface area (Å²) in [7, 11) is 3.82. The second kappa shape index (κ2) is 8.01. The Labute approximate surface area is 153 Å². The van der Waals surface area contributed by atoms with Gasteiger partial charge in [0.1, 0.15) is 11.9 Å². The van der Waals surface area contributed by atoms with Crippen molar-refractivity contribution in [2.24, 2.45) is 0 Å². The second-order valence-electron chi connectivity index (χ2n) is 7.07. The molecule has 3 heterocycles. The van der Waals surface area contributed by atoms with Gasteiger partial charge in [-0.2, -0.15) is 5.10 Å². The molecule has 0 unspecified atom stereocenters. The zero-order chi connectivity index (χ0) is 18.7. The van der Waals surface area contributed by atoms with Crippen LogP contribution in [-0.2, 0) is 19.5 Å². The fourth-order valence-electron chi connectivity index (χ4n) is 3.20. The van der Waals surface area contributed by atoms with Crippen LogP contribution >= 0.6 is 0 Å². The summed E-state index contributed by atoms with van der Waals surface area (Å²) >= 11 is 0. The monoisotopic (exact) mass is 361 g/mol. The molecule has 0 radical (unpaired) electrons. The van der Waals surface area contributed by atoms with Gasteiger partial charge in [-0.1, -0.05) is 12.1 Å². The first-order chi connectivity index (χ1) is 12.5. The fourth-order valence-corrected chi connectivity index (χ4v) is 3.20. The molecule has 0 spiro atoms. The van der Waals surface area contributed by atoms with Gasteiger partial charge in [0.15, 0.2) is 5.69 Å². The Morgan fingerprint density at radius 2 is 2.19 bits per heavy atom. The van der Waals surface area contributed by atoms with Crippen molar-refractivity contribution >= 4 is 5.91 Å². The Morgan fingerprint density at radius 3 is 2.92 bits per heavy atom. The Kier molecular flexibility index (Phi) is 5.73. The van der Waals surface area contributed by atoms with E-state index in [-0.39, 0.29) is 5.91 Å². The molecule has 26 heavy (non-hydrogen) atoms. The summed E-state index contributed by atoms with van der Waals surface area (Å²) in [6.45, 7) is 4.40. The summed E-state index contributed by atoms with van der Waals surface area (Å²) in [5.74, 6) is 0.617. The van der Waals surface area contributed by atoms with E-state index in [1.54, 1.807) is 11.0 Å². The van der Waals surface area contributed by atoms with E-state index in [9.17, 15) is 9.90 Å². The number of rotatable bonds is 6. The Bertz CT molecular complexity index is 752. The van der Waals surface area contributed by atoms with Crippen molar-refractivity contribution in [3.05, 3.63) is 35.0 Å². The molecule has 1 N–H and O–H groups in total. The molecule has 0 saturated heterocycles. The molecule has 8 heteroatoms. The summed E-state index contributed by atoms with van der Waals surface area (Å²) in [6, 6.07) is 3.63. The zero-order valence-corrected chi connectivity index (χ0v) is 15.7. The van der Waals surface area contributed by atoms with Gasteiger partial charge in [-0.05, 0) is 33.0 Å². The minimum Gasteiger partial charge on any atom is -0.385 e. The highest BCUT2D eigenvalue weighted by molar-refractivity contribution is 5.92. The third-order valence-electron chi connectivity index (χ3n) is 4.47. The predicted octanol–water partition coefficient (Wildman–Crippen LogP) is 1.46. The van der Waals surface area contributed by atoms with E-state index in [2.05, 4.69) is 17.2 Å². The molecule has 0 fully saturated rings. The topological polar surface area (TPSA) is 87.6 Å².